The average Bonchev–Trinajstić information content (AvgIpc) is 1.86. The van der Waals surface area contributed by atoms with Crippen LogP contribution in [0.3, 0.4) is 0 Å². The molecule has 1 atom stereocenters. The fraction of sp³-hybridized carbons (Fsp3) is 1.00. The third kappa shape index (κ3) is 0.858. The third-order valence-corrected chi connectivity index (χ3v) is 1.73. The van der Waals surface area contributed by atoms with Gasteiger partial charge in [0, 0.05) is 0 Å². The van der Waals surface area contributed by atoms with Crippen molar-refractivity contribution in [3.8, 4) is 0 Å². The molecular weight excluding hydrogens is 104 g/mol. The molecule has 0 radical (unpaired) electrons. The lowest BCUT2D eigenvalue weighted by Gasteiger charge is -2.18. The van der Waals surface area contributed by atoms with Gasteiger partial charge in [-0.3, -0.25) is 0 Å². The van der Waals surface area contributed by atoms with Gasteiger partial charge < -0.3 is 9.47 Å². The summed E-state index contributed by atoms with van der Waals surface area (Å²) < 4.78 is 10.4. The molecule has 0 aliphatic carbocycles. The van der Waals surface area contributed by atoms with E-state index in [0.717, 1.165) is 0 Å². The van der Waals surface area contributed by atoms with Crippen LogP contribution in [0.15, 0.2) is 0 Å². The van der Waals surface area contributed by atoms with Gasteiger partial charge in [0.25, 0.3) is 0 Å². The molecule has 0 aromatic heterocycles. The highest BCUT2D eigenvalue weighted by atomic mass is 16.7. The maximum atomic E-state index is 5.23. The molecule has 1 saturated heterocycles. The van der Waals surface area contributed by atoms with Crippen molar-refractivity contribution < 1.29 is 9.47 Å². The van der Waals surface area contributed by atoms with E-state index in [1.54, 1.807) is 0 Å². The van der Waals surface area contributed by atoms with Crippen LogP contribution in [0.1, 0.15) is 20.8 Å². The second-order valence-electron chi connectivity index (χ2n) is 2.67. The van der Waals surface area contributed by atoms with Gasteiger partial charge in [0.2, 0.25) is 0 Å². The average molecular weight is 116 g/mol. The molecule has 0 aromatic rings. The molecule has 2 heteroatoms. The first-order valence-corrected chi connectivity index (χ1v) is 2.88. The first kappa shape index (κ1) is 6.05. The van der Waals surface area contributed by atoms with Crippen LogP contribution in [-0.2, 0) is 9.47 Å². The lowest BCUT2D eigenvalue weighted by atomic mass is 10.0. The normalized spacial score (nSPS) is 35.6. The van der Waals surface area contributed by atoms with Crippen LogP contribution in [0.2, 0.25) is 0 Å². The van der Waals surface area contributed by atoms with Gasteiger partial charge in [-0.05, 0) is 20.8 Å². The number of hydrogen-bond donors (Lipinski definition) is 0. The molecule has 0 spiro atoms. The Bertz CT molecular complexity index is 88.5. The quantitative estimate of drug-likeness (QED) is 0.472. The van der Waals surface area contributed by atoms with Crippen molar-refractivity contribution in [1.82, 2.24) is 0 Å². The van der Waals surface area contributed by atoms with Gasteiger partial charge >= 0.3 is 0 Å². The minimum absolute atomic E-state index is 0.0694. The summed E-state index contributed by atoms with van der Waals surface area (Å²) in [7, 11) is 0. The smallest absolute Gasteiger partial charge is 0.148 e. The summed E-state index contributed by atoms with van der Waals surface area (Å²) in [4.78, 5) is 0. The number of hydrogen-bond acceptors (Lipinski definition) is 2. The predicted octanol–water partition coefficient (Wildman–Crippen LogP) is 1.16. The standard InChI is InChI=1S/C6H12O2/c1-5-6(2,3)8-4-7-5/h5H,4H2,1-3H3/t5-/m0/s1. The Hall–Kier alpha value is -0.0800. The minimum Gasteiger partial charge on any atom is -0.349 e. The van der Waals surface area contributed by atoms with E-state index in [0.29, 0.717) is 6.79 Å². The molecule has 1 heterocycles. The highest BCUT2D eigenvalue weighted by Gasteiger charge is 2.32. The van der Waals surface area contributed by atoms with E-state index in [9.17, 15) is 0 Å². The van der Waals surface area contributed by atoms with Gasteiger partial charge in [-0.1, -0.05) is 0 Å². The van der Waals surface area contributed by atoms with Crippen LogP contribution in [0, 0.1) is 0 Å². The summed E-state index contributed by atoms with van der Waals surface area (Å²) in [5.41, 5.74) is -0.0694. The first-order chi connectivity index (χ1) is 3.63. The Labute approximate surface area is 49.8 Å². The van der Waals surface area contributed by atoms with E-state index in [1.807, 2.05) is 20.8 Å². The van der Waals surface area contributed by atoms with Crippen LogP contribution in [0.5, 0.6) is 0 Å². The van der Waals surface area contributed by atoms with Crippen LogP contribution >= 0.6 is 0 Å². The molecule has 1 fully saturated rings. The van der Waals surface area contributed by atoms with Gasteiger partial charge in [-0.2, -0.15) is 0 Å². The maximum Gasteiger partial charge on any atom is 0.148 e. The van der Waals surface area contributed by atoms with Crippen LogP contribution in [-0.4, -0.2) is 18.5 Å². The third-order valence-electron chi connectivity index (χ3n) is 1.73. The highest BCUT2D eigenvalue weighted by molar-refractivity contribution is 4.78. The summed E-state index contributed by atoms with van der Waals surface area (Å²) >= 11 is 0. The SMILES string of the molecule is C[C@@H]1OCOC1(C)C. The van der Waals surface area contributed by atoms with Crippen LogP contribution in [0.4, 0.5) is 0 Å². The molecule has 0 N–H and O–H groups in total. The second-order valence-corrected chi connectivity index (χ2v) is 2.67. The monoisotopic (exact) mass is 116 g/mol. The van der Waals surface area contributed by atoms with Crippen molar-refractivity contribution in [2.45, 2.75) is 32.5 Å². The molecule has 0 unspecified atom stereocenters. The summed E-state index contributed by atoms with van der Waals surface area (Å²) in [6.45, 7) is 6.54. The van der Waals surface area contributed by atoms with Gasteiger partial charge in [0.05, 0.1) is 11.7 Å². The molecule has 8 heavy (non-hydrogen) atoms. The highest BCUT2D eigenvalue weighted by Crippen LogP contribution is 2.23. The summed E-state index contributed by atoms with van der Waals surface area (Å²) in [5.74, 6) is 0. The molecule has 0 saturated carbocycles. The molecule has 1 rings (SSSR count). The topological polar surface area (TPSA) is 18.5 Å². The maximum absolute atomic E-state index is 5.23. The molecule has 0 bridgehead atoms. The predicted molar refractivity (Wildman–Crippen MR) is 30.6 cm³/mol. The lowest BCUT2D eigenvalue weighted by molar-refractivity contribution is 0.0121. The fourth-order valence-electron chi connectivity index (χ4n) is 0.606. The van der Waals surface area contributed by atoms with Crippen LogP contribution in [0.25, 0.3) is 0 Å². The van der Waals surface area contributed by atoms with Crippen molar-refractivity contribution in [2.75, 3.05) is 6.79 Å². The Morgan fingerprint density at radius 1 is 1.50 bits per heavy atom. The summed E-state index contributed by atoms with van der Waals surface area (Å²) in [6, 6.07) is 0. The Kier molecular flexibility index (Phi) is 1.29. The van der Waals surface area contributed by atoms with Gasteiger partial charge in [-0.15, -0.1) is 0 Å². The van der Waals surface area contributed by atoms with E-state index in [4.69, 9.17) is 9.47 Å². The lowest BCUT2D eigenvalue weighted by Crippen LogP contribution is -2.29. The second kappa shape index (κ2) is 1.71. The van der Waals surface area contributed by atoms with E-state index in [1.165, 1.54) is 0 Å². The van der Waals surface area contributed by atoms with Crippen molar-refractivity contribution in [1.29, 1.82) is 0 Å². The van der Waals surface area contributed by atoms with Crippen LogP contribution < -0.4 is 0 Å². The molecule has 48 valence electrons. The zero-order valence-corrected chi connectivity index (χ0v) is 5.60. The Balaban J connectivity index is 2.54. The number of rotatable bonds is 0. The molecule has 0 aromatic carbocycles. The summed E-state index contributed by atoms with van der Waals surface area (Å²) in [5, 5.41) is 0. The molecule has 1 aliphatic heterocycles. The van der Waals surface area contributed by atoms with Gasteiger partial charge in [0.15, 0.2) is 0 Å². The van der Waals surface area contributed by atoms with Gasteiger partial charge in [0.1, 0.15) is 6.79 Å². The number of ether oxygens (including phenoxy) is 2. The zero-order chi connectivity index (χ0) is 6.20. The van der Waals surface area contributed by atoms with E-state index >= 15 is 0 Å². The first-order valence-electron chi connectivity index (χ1n) is 2.88. The molecular formula is C6H12O2. The van der Waals surface area contributed by atoms with E-state index in [2.05, 4.69) is 0 Å². The van der Waals surface area contributed by atoms with Crippen molar-refractivity contribution in [3.63, 3.8) is 0 Å². The largest absolute Gasteiger partial charge is 0.349 e. The Morgan fingerprint density at radius 2 is 2.12 bits per heavy atom. The molecule has 2 nitrogen and oxygen atoms in total. The van der Waals surface area contributed by atoms with E-state index < -0.39 is 0 Å². The molecule has 1 aliphatic rings. The van der Waals surface area contributed by atoms with Crippen molar-refractivity contribution in [2.24, 2.45) is 0 Å². The fourth-order valence-corrected chi connectivity index (χ4v) is 0.606. The van der Waals surface area contributed by atoms with Crippen molar-refractivity contribution in [3.05, 3.63) is 0 Å². The molecule has 0 amide bonds. The Morgan fingerprint density at radius 3 is 2.25 bits per heavy atom. The summed E-state index contributed by atoms with van der Waals surface area (Å²) in [6.07, 6.45) is 0.238. The van der Waals surface area contributed by atoms with Gasteiger partial charge in [-0.25, -0.2) is 0 Å². The zero-order valence-electron chi connectivity index (χ0n) is 5.60. The van der Waals surface area contributed by atoms with Crippen molar-refractivity contribution >= 4 is 0 Å². The minimum atomic E-state index is -0.0694. The van der Waals surface area contributed by atoms with E-state index in [-0.39, 0.29) is 11.7 Å².